The molecule has 1 atom stereocenters. The molecule has 6 nitrogen and oxygen atoms in total. The monoisotopic (exact) mass is 322 g/mol. The van der Waals surface area contributed by atoms with Crippen molar-refractivity contribution in [3.05, 3.63) is 12.4 Å². The van der Waals surface area contributed by atoms with E-state index < -0.39 is 23.0 Å². The molecule has 2 rings (SSSR count). The first-order valence-corrected chi connectivity index (χ1v) is 8.33. The average Bonchev–Trinajstić information content (AvgIpc) is 2.88. The molecule has 1 fully saturated rings. The number of halogens is 2. The van der Waals surface area contributed by atoms with E-state index in [0.29, 0.717) is 13.1 Å². The Bertz CT molecular complexity index is 559. The molecule has 1 aromatic rings. The van der Waals surface area contributed by atoms with Gasteiger partial charge < -0.3 is 5.32 Å². The van der Waals surface area contributed by atoms with Crippen LogP contribution in [-0.2, 0) is 16.6 Å². The third-order valence-electron chi connectivity index (χ3n) is 3.55. The highest BCUT2D eigenvalue weighted by Crippen LogP contribution is 2.23. The quantitative estimate of drug-likeness (QED) is 0.840. The zero-order valence-electron chi connectivity index (χ0n) is 11.9. The van der Waals surface area contributed by atoms with E-state index in [0.717, 1.165) is 30.3 Å². The van der Waals surface area contributed by atoms with Gasteiger partial charge in [0.05, 0.1) is 6.20 Å². The summed E-state index contributed by atoms with van der Waals surface area (Å²) >= 11 is 0. The van der Waals surface area contributed by atoms with Crippen molar-refractivity contribution in [2.24, 2.45) is 5.92 Å². The molecule has 1 aliphatic rings. The summed E-state index contributed by atoms with van der Waals surface area (Å²) in [4.78, 5) is -0.0201. The summed E-state index contributed by atoms with van der Waals surface area (Å²) in [6.45, 7) is 1.07. The van der Waals surface area contributed by atoms with Crippen LogP contribution in [0.25, 0.3) is 0 Å². The summed E-state index contributed by atoms with van der Waals surface area (Å²) in [7, 11) is -1.82. The molecular weight excluding hydrogens is 302 g/mol. The number of nitrogens with one attached hydrogen (secondary N) is 1. The van der Waals surface area contributed by atoms with E-state index in [1.165, 1.54) is 10.5 Å². The normalized spacial score (nSPS) is 21.0. The highest BCUT2D eigenvalue weighted by atomic mass is 32.2. The number of sulfonamides is 1. The van der Waals surface area contributed by atoms with E-state index in [1.54, 1.807) is 0 Å². The van der Waals surface area contributed by atoms with E-state index in [2.05, 4.69) is 10.4 Å². The summed E-state index contributed by atoms with van der Waals surface area (Å²) in [5, 5.41) is 6.74. The Morgan fingerprint density at radius 1 is 1.52 bits per heavy atom. The number of hydrogen-bond acceptors (Lipinski definition) is 4. The molecule has 0 spiro atoms. The second-order valence-electron chi connectivity index (χ2n) is 5.22. The fraction of sp³-hybridized carbons (Fsp3) is 0.750. The Hall–Kier alpha value is -1.06. The standard InChI is InChI=1S/C12H20F2N4O2S/c1-15-5-10-3-2-4-18(7-10)21(19,20)11-6-16-17(8-11)9-12(13)14/h6,8,10,12,15H,2-5,7,9H2,1H3. The number of aromatic nitrogens is 2. The highest BCUT2D eigenvalue weighted by Gasteiger charge is 2.31. The Balaban J connectivity index is 2.11. The Kier molecular flexibility index (Phi) is 5.28. The van der Waals surface area contributed by atoms with E-state index in [-0.39, 0.29) is 10.8 Å². The molecule has 2 heterocycles. The zero-order chi connectivity index (χ0) is 15.5. The minimum Gasteiger partial charge on any atom is -0.319 e. The van der Waals surface area contributed by atoms with Crippen LogP contribution in [0.2, 0.25) is 0 Å². The Morgan fingerprint density at radius 3 is 2.95 bits per heavy atom. The maximum atomic E-state index is 12.5. The van der Waals surface area contributed by atoms with Crippen LogP contribution in [0.4, 0.5) is 8.78 Å². The van der Waals surface area contributed by atoms with Gasteiger partial charge in [-0.25, -0.2) is 17.2 Å². The van der Waals surface area contributed by atoms with Gasteiger partial charge >= 0.3 is 0 Å². The van der Waals surface area contributed by atoms with Crippen molar-refractivity contribution in [1.82, 2.24) is 19.4 Å². The van der Waals surface area contributed by atoms with E-state index in [4.69, 9.17) is 0 Å². The Morgan fingerprint density at radius 2 is 2.29 bits per heavy atom. The summed E-state index contributed by atoms with van der Waals surface area (Å²) < 4.78 is 52.0. The summed E-state index contributed by atoms with van der Waals surface area (Å²) in [5.74, 6) is 0.273. The molecule has 120 valence electrons. The van der Waals surface area contributed by atoms with Gasteiger partial charge in [0.15, 0.2) is 0 Å². The highest BCUT2D eigenvalue weighted by molar-refractivity contribution is 7.89. The van der Waals surface area contributed by atoms with Gasteiger partial charge in [-0.15, -0.1) is 0 Å². The molecule has 9 heteroatoms. The number of piperidine rings is 1. The summed E-state index contributed by atoms with van der Waals surface area (Å²) in [6, 6.07) is 0. The van der Waals surface area contributed by atoms with Gasteiger partial charge in [0, 0.05) is 19.3 Å². The van der Waals surface area contributed by atoms with E-state index >= 15 is 0 Å². The maximum Gasteiger partial charge on any atom is 0.257 e. The van der Waals surface area contributed by atoms with Crippen LogP contribution in [-0.4, -0.2) is 55.6 Å². The lowest BCUT2D eigenvalue weighted by atomic mass is 10.00. The molecule has 0 saturated carbocycles. The average molecular weight is 322 g/mol. The van der Waals surface area contributed by atoms with Crippen LogP contribution in [0.3, 0.4) is 0 Å². The van der Waals surface area contributed by atoms with Crippen molar-refractivity contribution < 1.29 is 17.2 Å². The Labute approximate surface area is 123 Å². The fourth-order valence-corrected chi connectivity index (χ4v) is 4.08. The predicted molar refractivity (Wildman–Crippen MR) is 73.6 cm³/mol. The lowest BCUT2D eigenvalue weighted by Crippen LogP contribution is -2.42. The van der Waals surface area contributed by atoms with Crippen LogP contribution in [0.1, 0.15) is 12.8 Å². The molecule has 1 unspecified atom stereocenters. The predicted octanol–water partition coefficient (Wildman–Crippen LogP) is 0.768. The third-order valence-corrected chi connectivity index (χ3v) is 5.36. The first-order chi connectivity index (χ1) is 9.93. The topological polar surface area (TPSA) is 67.2 Å². The molecular formula is C12H20F2N4O2S. The van der Waals surface area contributed by atoms with E-state index in [9.17, 15) is 17.2 Å². The van der Waals surface area contributed by atoms with Crippen molar-refractivity contribution in [3.8, 4) is 0 Å². The number of nitrogens with zero attached hydrogens (tertiary/aromatic N) is 3. The third kappa shape index (κ3) is 3.98. The molecule has 1 N–H and O–H groups in total. The minimum absolute atomic E-state index is 0.0201. The number of hydrogen-bond donors (Lipinski definition) is 1. The lowest BCUT2D eigenvalue weighted by Gasteiger charge is -2.31. The number of rotatable bonds is 6. The van der Waals surface area contributed by atoms with Crippen LogP contribution >= 0.6 is 0 Å². The molecule has 0 aliphatic carbocycles. The van der Waals surface area contributed by atoms with Crippen LogP contribution in [0, 0.1) is 5.92 Å². The lowest BCUT2D eigenvalue weighted by molar-refractivity contribution is 0.121. The van der Waals surface area contributed by atoms with Gasteiger partial charge in [-0.05, 0) is 32.4 Å². The first kappa shape index (κ1) is 16.3. The fourth-order valence-electron chi connectivity index (χ4n) is 2.57. The van der Waals surface area contributed by atoms with Crippen molar-refractivity contribution in [1.29, 1.82) is 0 Å². The molecule has 0 bridgehead atoms. The van der Waals surface area contributed by atoms with Gasteiger partial charge in [0.1, 0.15) is 11.4 Å². The molecule has 1 aromatic heterocycles. The molecule has 1 aliphatic heterocycles. The van der Waals surface area contributed by atoms with Crippen LogP contribution in [0.15, 0.2) is 17.3 Å². The first-order valence-electron chi connectivity index (χ1n) is 6.89. The molecule has 21 heavy (non-hydrogen) atoms. The van der Waals surface area contributed by atoms with Crippen molar-refractivity contribution in [2.45, 2.75) is 30.7 Å². The second-order valence-corrected chi connectivity index (χ2v) is 7.16. The van der Waals surface area contributed by atoms with Gasteiger partial charge in [0.2, 0.25) is 10.0 Å². The van der Waals surface area contributed by atoms with Crippen molar-refractivity contribution >= 4 is 10.0 Å². The van der Waals surface area contributed by atoms with Crippen LogP contribution < -0.4 is 5.32 Å². The van der Waals surface area contributed by atoms with Crippen molar-refractivity contribution in [3.63, 3.8) is 0 Å². The molecule has 0 aromatic carbocycles. The van der Waals surface area contributed by atoms with Crippen molar-refractivity contribution in [2.75, 3.05) is 26.7 Å². The zero-order valence-corrected chi connectivity index (χ0v) is 12.7. The van der Waals surface area contributed by atoms with E-state index in [1.807, 2.05) is 7.05 Å². The summed E-state index contributed by atoms with van der Waals surface area (Å²) in [6.07, 6.45) is 1.53. The van der Waals surface area contributed by atoms with Crippen LogP contribution in [0.5, 0.6) is 0 Å². The molecule has 0 amide bonds. The smallest absolute Gasteiger partial charge is 0.257 e. The largest absolute Gasteiger partial charge is 0.319 e. The molecule has 1 saturated heterocycles. The summed E-state index contributed by atoms with van der Waals surface area (Å²) in [5.41, 5.74) is 0. The SMILES string of the molecule is CNCC1CCCN(S(=O)(=O)c2cnn(CC(F)F)c2)C1. The van der Waals surface area contributed by atoms with Gasteiger partial charge in [-0.2, -0.15) is 9.40 Å². The number of alkyl halides is 2. The second kappa shape index (κ2) is 6.80. The minimum atomic E-state index is -3.65. The molecule has 0 radical (unpaired) electrons. The van der Waals surface area contributed by atoms with Gasteiger partial charge in [0.25, 0.3) is 6.43 Å². The maximum absolute atomic E-state index is 12.5. The van der Waals surface area contributed by atoms with Gasteiger partial charge in [-0.1, -0.05) is 0 Å². The van der Waals surface area contributed by atoms with Gasteiger partial charge in [-0.3, -0.25) is 4.68 Å².